The van der Waals surface area contributed by atoms with Crippen LogP contribution in [0.2, 0.25) is 0 Å². The van der Waals surface area contributed by atoms with E-state index >= 15 is 0 Å². The maximum atomic E-state index is 14.8. The van der Waals surface area contributed by atoms with Crippen molar-refractivity contribution < 1.29 is 4.39 Å². The lowest BCUT2D eigenvalue weighted by atomic mass is 9.58. The van der Waals surface area contributed by atoms with Crippen LogP contribution in [0, 0.1) is 22.6 Å². The van der Waals surface area contributed by atoms with Gasteiger partial charge in [0.1, 0.15) is 5.82 Å². The van der Waals surface area contributed by atoms with Gasteiger partial charge >= 0.3 is 0 Å². The van der Waals surface area contributed by atoms with Crippen molar-refractivity contribution in [2.24, 2.45) is 16.7 Å². The minimum Gasteiger partial charge on any atom is -0.207 e. The molecule has 156 valence electrons. The molecule has 1 aromatic carbocycles. The number of hydrogen-bond donors (Lipinski definition) is 0. The van der Waals surface area contributed by atoms with Gasteiger partial charge in [0.05, 0.1) is 0 Å². The van der Waals surface area contributed by atoms with E-state index in [4.69, 9.17) is 0 Å². The molecular weight excluding hydrogens is 355 g/mol. The molecule has 0 spiro atoms. The van der Waals surface area contributed by atoms with Gasteiger partial charge in [0.25, 0.3) is 0 Å². The molecule has 0 N–H and O–H groups in total. The molecule has 1 saturated carbocycles. The summed E-state index contributed by atoms with van der Waals surface area (Å²) in [5, 5.41) is 0. The standard InChI is InChI=1S/C28H37F/c1-8-22-18-27(7)24(17-20(22)5)14-16-28(27,9-2)15-13-23-11-10-12-25(29)26(23)21(6)19(3)4/h8-12,17,19,21H,1-2,13-16,18H2,3-7H3. The topological polar surface area (TPSA) is 0 Å². The van der Waals surface area contributed by atoms with Crippen LogP contribution >= 0.6 is 0 Å². The molecule has 2 aliphatic rings. The van der Waals surface area contributed by atoms with Crippen molar-refractivity contribution in [2.45, 2.75) is 72.6 Å². The average molecular weight is 393 g/mol. The molecule has 0 aromatic heterocycles. The summed E-state index contributed by atoms with van der Waals surface area (Å²) in [4.78, 5) is 0. The summed E-state index contributed by atoms with van der Waals surface area (Å²) < 4.78 is 14.8. The summed E-state index contributed by atoms with van der Waals surface area (Å²) in [6, 6.07) is 5.61. The lowest BCUT2D eigenvalue weighted by Gasteiger charge is -2.45. The Kier molecular flexibility index (Phi) is 6.08. The van der Waals surface area contributed by atoms with E-state index in [1.807, 2.05) is 12.1 Å². The van der Waals surface area contributed by atoms with E-state index in [1.54, 1.807) is 11.6 Å². The summed E-state index contributed by atoms with van der Waals surface area (Å²) in [6.07, 6.45) is 11.8. The van der Waals surface area contributed by atoms with Crippen molar-refractivity contribution in [2.75, 3.05) is 0 Å². The Morgan fingerprint density at radius 2 is 1.93 bits per heavy atom. The first-order valence-corrected chi connectivity index (χ1v) is 11.1. The highest BCUT2D eigenvalue weighted by molar-refractivity contribution is 5.45. The van der Waals surface area contributed by atoms with Crippen molar-refractivity contribution >= 4 is 0 Å². The second-order valence-corrected chi connectivity index (χ2v) is 9.80. The fourth-order valence-corrected chi connectivity index (χ4v) is 5.69. The molecule has 0 aliphatic heterocycles. The normalized spacial score (nSPS) is 27.6. The fraction of sp³-hybridized carbons (Fsp3) is 0.500. The first-order valence-electron chi connectivity index (χ1n) is 11.1. The zero-order chi connectivity index (χ0) is 21.4. The minimum absolute atomic E-state index is 0.0401. The molecule has 3 atom stereocenters. The van der Waals surface area contributed by atoms with Crippen LogP contribution in [0.1, 0.15) is 77.3 Å². The molecule has 1 fully saturated rings. The van der Waals surface area contributed by atoms with Crippen LogP contribution in [-0.4, -0.2) is 0 Å². The summed E-state index contributed by atoms with van der Waals surface area (Å²) >= 11 is 0. The largest absolute Gasteiger partial charge is 0.207 e. The first-order chi connectivity index (χ1) is 13.7. The van der Waals surface area contributed by atoms with Crippen LogP contribution in [0.3, 0.4) is 0 Å². The molecule has 3 unspecified atom stereocenters. The Labute approximate surface area is 177 Å². The molecule has 0 heterocycles. The Bertz CT molecular complexity index is 868. The van der Waals surface area contributed by atoms with Crippen molar-refractivity contribution in [3.05, 3.63) is 83.2 Å². The number of fused-ring (bicyclic) bond motifs is 1. The Morgan fingerprint density at radius 1 is 1.21 bits per heavy atom. The van der Waals surface area contributed by atoms with Gasteiger partial charge in [0.15, 0.2) is 0 Å². The van der Waals surface area contributed by atoms with E-state index in [-0.39, 0.29) is 22.6 Å². The molecule has 1 heteroatoms. The van der Waals surface area contributed by atoms with E-state index in [1.165, 1.54) is 16.7 Å². The van der Waals surface area contributed by atoms with Gasteiger partial charge < -0.3 is 0 Å². The van der Waals surface area contributed by atoms with E-state index < -0.39 is 0 Å². The number of rotatable bonds is 7. The maximum absolute atomic E-state index is 14.8. The molecule has 2 aliphatic carbocycles. The molecule has 29 heavy (non-hydrogen) atoms. The van der Waals surface area contributed by atoms with E-state index in [2.05, 4.69) is 66.0 Å². The highest BCUT2D eigenvalue weighted by atomic mass is 19.1. The monoisotopic (exact) mass is 392 g/mol. The molecule has 0 saturated heterocycles. The SMILES string of the molecule is C=CC1=C(C)C=C2CCC(C=C)(CCc3cccc(F)c3C(C)C(C)C)C2(C)C1. The molecule has 0 nitrogen and oxygen atoms in total. The third-order valence-corrected chi connectivity index (χ3v) is 8.17. The third-order valence-electron chi connectivity index (χ3n) is 8.17. The van der Waals surface area contributed by atoms with E-state index in [0.29, 0.717) is 5.92 Å². The average Bonchev–Trinajstić information content (AvgIpc) is 2.97. The van der Waals surface area contributed by atoms with E-state index in [0.717, 1.165) is 37.7 Å². The van der Waals surface area contributed by atoms with Crippen molar-refractivity contribution in [3.63, 3.8) is 0 Å². The van der Waals surface area contributed by atoms with Gasteiger partial charge in [-0.25, -0.2) is 4.39 Å². The zero-order valence-electron chi connectivity index (χ0n) is 18.9. The number of halogens is 1. The van der Waals surface area contributed by atoms with Crippen LogP contribution in [-0.2, 0) is 6.42 Å². The highest BCUT2D eigenvalue weighted by Crippen LogP contribution is 2.63. The van der Waals surface area contributed by atoms with Crippen molar-refractivity contribution in [1.29, 1.82) is 0 Å². The van der Waals surface area contributed by atoms with Gasteiger partial charge in [-0.3, -0.25) is 0 Å². The Morgan fingerprint density at radius 3 is 2.55 bits per heavy atom. The Hall–Kier alpha value is -1.89. The molecule has 0 radical (unpaired) electrons. The lowest BCUT2D eigenvalue weighted by Crippen LogP contribution is -2.36. The second kappa shape index (κ2) is 8.09. The second-order valence-electron chi connectivity index (χ2n) is 9.80. The van der Waals surface area contributed by atoms with Gasteiger partial charge in [0, 0.05) is 5.41 Å². The Balaban J connectivity index is 1.93. The molecule has 1 aromatic rings. The molecule has 0 bridgehead atoms. The van der Waals surface area contributed by atoms with Crippen LogP contribution in [0.15, 0.2) is 66.3 Å². The predicted molar refractivity (Wildman–Crippen MR) is 124 cm³/mol. The lowest BCUT2D eigenvalue weighted by molar-refractivity contribution is 0.163. The first kappa shape index (κ1) is 21.8. The van der Waals surface area contributed by atoms with Gasteiger partial charge in [-0.2, -0.15) is 0 Å². The fourth-order valence-electron chi connectivity index (χ4n) is 5.69. The zero-order valence-corrected chi connectivity index (χ0v) is 18.9. The minimum atomic E-state index is -0.0558. The van der Waals surface area contributed by atoms with Gasteiger partial charge in [-0.05, 0) is 84.6 Å². The van der Waals surface area contributed by atoms with Gasteiger partial charge in [-0.1, -0.05) is 70.2 Å². The van der Waals surface area contributed by atoms with Gasteiger partial charge in [0.2, 0.25) is 0 Å². The summed E-state index contributed by atoms with van der Waals surface area (Å²) in [5.41, 5.74) is 6.45. The summed E-state index contributed by atoms with van der Waals surface area (Å²) in [7, 11) is 0. The van der Waals surface area contributed by atoms with Crippen LogP contribution in [0.5, 0.6) is 0 Å². The van der Waals surface area contributed by atoms with Crippen LogP contribution in [0.4, 0.5) is 4.39 Å². The summed E-state index contributed by atoms with van der Waals surface area (Å²) in [5.74, 6) is 0.576. The third kappa shape index (κ3) is 3.58. The molecule has 0 amide bonds. The highest BCUT2D eigenvalue weighted by Gasteiger charge is 2.53. The van der Waals surface area contributed by atoms with Crippen molar-refractivity contribution in [1.82, 2.24) is 0 Å². The maximum Gasteiger partial charge on any atom is 0.126 e. The summed E-state index contributed by atoms with van der Waals surface area (Å²) in [6.45, 7) is 19.5. The van der Waals surface area contributed by atoms with Crippen molar-refractivity contribution in [3.8, 4) is 0 Å². The smallest absolute Gasteiger partial charge is 0.126 e. The number of benzene rings is 1. The predicted octanol–water partition coefficient (Wildman–Crippen LogP) is 8.32. The number of hydrogen-bond acceptors (Lipinski definition) is 0. The molecular formula is C28H37F. The quantitative estimate of drug-likeness (QED) is 0.409. The number of allylic oxidation sites excluding steroid dienone is 6. The molecule has 3 rings (SSSR count). The number of aryl methyl sites for hydroxylation is 1. The van der Waals surface area contributed by atoms with Gasteiger partial charge in [-0.15, -0.1) is 6.58 Å². The van der Waals surface area contributed by atoms with E-state index in [9.17, 15) is 4.39 Å². The van der Waals surface area contributed by atoms with Crippen LogP contribution in [0.25, 0.3) is 0 Å². The van der Waals surface area contributed by atoms with Crippen LogP contribution < -0.4 is 0 Å².